The van der Waals surface area contributed by atoms with E-state index in [2.05, 4.69) is 4.90 Å². The van der Waals surface area contributed by atoms with Crippen molar-refractivity contribution in [2.75, 3.05) is 39.3 Å². The van der Waals surface area contributed by atoms with Gasteiger partial charge in [0.05, 0.1) is 6.54 Å². The van der Waals surface area contributed by atoms with Crippen molar-refractivity contribution >= 4 is 11.6 Å². The first kappa shape index (κ1) is 15.6. The zero-order valence-corrected chi connectivity index (χ0v) is 11.9. The molecule has 6 heteroatoms. The van der Waals surface area contributed by atoms with E-state index in [0.29, 0.717) is 26.2 Å². The molecule has 1 heterocycles. The Kier molecular flexibility index (Phi) is 5.29. The maximum atomic E-state index is 12.3. The van der Waals surface area contributed by atoms with Crippen molar-refractivity contribution in [3.05, 3.63) is 34.9 Å². The molecule has 0 bridgehead atoms. The minimum absolute atomic E-state index is 0.486. The third-order valence-electron chi connectivity index (χ3n) is 3.50. The normalized spacial score (nSPS) is 18.4. The van der Waals surface area contributed by atoms with Crippen molar-refractivity contribution in [3.8, 4) is 0 Å². The Morgan fingerprint density at radius 1 is 0.950 bits per heavy atom. The number of hydrogen-bond donors (Lipinski definition) is 0. The predicted octanol–water partition coefficient (Wildman–Crippen LogP) is 3.06. The van der Waals surface area contributed by atoms with Gasteiger partial charge >= 0.3 is 6.18 Å². The van der Waals surface area contributed by atoms with Crippen LogP contribution in [0.2, 0.25) is 5.02 Å². The number of halogens is 4. The Morgan fingerprint density at radius 3 is 2.05 bits per heavy atom. The molecule has 0 N–H and O–H groups in total. The molecule has 0 spiro atoms. The molecule has 1 saturated heterocycles. The summed E-state index contributed by atoms with van der Waals surface area (Å²) in [6.07, 6.45) is -3.19. The first-order valence-corrected chi connectivity index (χ1v) is 7.06. The van der Waals surface area contributed by atoms with Gasteiger partial charge in [-0.05, 0) is 24.1 Å². The molecule has 0 aromatic heterocycles. The SMILES string of the molecule is FC(F)(F)CN1CCN(CCc2ccc(Cl)cc2)CC1. The molecule has 1 aromatic carbocycles. The van der Waals surface area contributed by atoms with E-state index in [1.807, 2.05) is 24.3 Å². The topological polar surface area (TPSA) is 6.48 Å². The third kappa shape index (κ3) is 5.31. The highest BCUT2D eigenvalue weighted by Gasteiger charge is 2.31. The van der Waals surface area contributed by atoms with E-state index in [9.17, 15) is 13.2 Å². The standard InChI is InChI=1S/C14H18ClF3N2/c15-13-3-1-12(2-4-13)5-6-19-7-9-20(10-8-19)11-14(16,17)18/h1-4H,5-11H2. The molecule has 1 aromatic rings. The minimum Gasteiger partial charge on any atom is -0.300 e. The second-order valence-corrected chi connectivity index (χ2v) is 5.55. The summed E-state index contributed by atoms with van der Waals surface area (Å²) in [6.45, 7) is 2.45. The highest BCUT2D eigenvalue weighted by molar-refractivity contribution is 6.30. The second kappa shape index (κ2) is 6.78. The Hall–Kier alpha value is -0.780. The summed E-state index contributed by atoms with van der Waals surface area (Å²) in [5.74, 6) is 0. The lowest BCUT2D eigenvalue weighted by molar-refractivity contribution is -0.149. The summed E-state index contributed by atoms with van der Waals surface area (Å²) in [7, 11) is 0. The largest absolute Gasteiger partial charge is 0.401 e. The average Bonchev–Trinajstić information content (AvgIpc) is 2.38. The summed E-state index contributed by atoms with van der Waals surface area (Å²) in [5.41, 5.74) is 1.20. The van der Waals surface area contributed by atoms with Gasteiger partial charge in [-0.2, -0.15) is 13.2 Å². The van der Waals surface area contributed by atoms with E-state index in [0.717, 1.165) is 18.0 Å². The van der Waals surface area contributed by atoms with Crippen LogP contribution in [-0.4, -0.2) is 55.2 Å². The van der Waals surface area contributed by atoms with Gasteiger partial charge < -0.3 is 4.90 Å². The van der Waals surface area contributed by atoms with E-state index in [1.54, 1.807) is 0 Å². The van der Waals surface area contributed by atoms with Gasteiger partial charge in [0, 0.05) is 37.7 Å². The molecule has 2 nitrogen and oxygen atoms in total. The second-order valence-electron chi connectivity index (χ2n) is 5.11. The molecule has 112 valence electrons. The molecule has 20 heavy (non-hydrogen) atoms. The smallest absolute Gasteiger partial charge is 0.300 e. The maximum absolute atomic E-state index is 12.3. The van der Waals surface area contributed by atoms with E-state index < -0.39 is 12.7 Å². The molecule has 0 saturated carbocycles. The monoisotopic (exact) mass is 306 g/mol. The van der Waals surface area contributed by atoms with E-state index in [4.69, 9.17) is 11.6 Å². The van der Waals surface area contributed by atoms with Gasteiger partial charge in [0.1, 0.15) is 0 Å². The lowest BCUT2D eigenvalue weighted by Crippen LogP contribution is -2.49. The van der Waals surface area contributed by atoms with Gasteiger partial charge in [-0.15, -0.1) is 0 Å². The molecular formula is C14H18ClF3N2. The zero-order valence-electron chi connectivity index (χ0n) is 11.2. The fourth-order valence-corrected chi connectivity index (χ4v) is 2.49. The van der Waals surface area contributed by atoms with Crippen molar-refractivity contribution in [2.45, 2.75) is 12.6 Å². The van der Waals surface area contributed by atoms with Crippen molar-refractivity contribution in [1.29, 1.82) is 0 Å². The number of piperazine rings is 1. The summed E-state index contributed by atoms with van der Waals surface area (Å²) >= 11 is 5.82. The molecular weight excluding hydrogens is 289 g/mol. The van der Waals surface area contributed by atoms with Crippen LogP contribution >= 0.6 is 11.6 Å². The maximum Gasteiger partial charge on any atom is 0.401 e. The molecule has 1 fully saturated rings. The predicted molar refractivity (Wildman–Crippen MR) is 74.1 cm³/mol. The Balaban J connectivity index is 1.70. The number of alkyl halides is 3. The molecule has 1 aliphatic rings. The Labute approximate surface area is 122 Å². The van der Waals surface area contributed by atoms with Crippen LogP contribution in [0.25, 0.3) is 0 Å². The van der Waals surface area contributed by atoms with Crippen molar-refractivity contribution in [3.63, 3.8) is 0 Å². The van der Waals surface area contributed by atoms with Crippen LogP contribution in [0.5, 0.6) is 0 Å². The molecule has 0 amide bonds. The van der Waals surface area contributed by atoms with E-state index in [-0.39, 0.29) is 0 Å². The quantitative estimate of drug-likeness (QED) is 0.843. The minimum atomic E-state index is -4.09. The lowest BCUT2D eigenvalue weighted by atomic mass is 10.1. The number of rotatable bonds is 4. The fraction of sp³-hybridized carbons (Fsp3) is 0.571. The van der Waals surface area contributed by atoms with Crippen molar-refractivity contribution < 1.29 is 13.2 Å². The van der Waals surface area contributed by atoms with Crippen LogP contribution in [0.4, 0.5) is 13.2 Å². The van der Waals surface area contributed by atoms with Crippen molar-refractivity contribution in [1.82, 2.24) is 9.80 Å². The summed E-state index contributed by atoms with van der Waals surface area (Å²) in [5, 5.41) is 0.717. The lowest BCUT2D eigenvalue weighted by Gasteiger charge is -2.34. The van der Waals surface area contributed by atoms with Gasteiger partial charge in [0.2, 0.25) is 0 Å². The van der Waals surface area contributed by atoms with Crippen LogP contribution in [-0.2, 0) is 6.42 Å². The number of nitrogens with zero attached hydrogens (tertiary/aromatic N) is 2. The molecule has 0 aliphatic carbocycles. The van der Waals surface area contributed by atoms with Crippen LogP contribution in [0.3, 0.4) is 0 Å². The van der Waals surface area contributed by atoms with Gasteiger partial charge in [-0.3, -0.25) is 4.90 Å². The van der Waals surface area contributed by atoms with Crippen molar-refractivity contribution in [2.24, 2.45) is 0 Å². The third-order valence-corrected chi connectivity index (χ3v) is 3.75. The average molecular weight is 307 g/mol. The molecule has 2 rings (SSSR count). The van der Waals surface area contributed by atoms with Gasteiger partial charge in [-0.1, -0.05) is 23.7 Å². The first-order chi connectivity index (χ1) is 9.42. The fourth-order valence-electron chi connectivity index (χ4n) is 2.36. The molecule has 0 atom stereocenters. The molecule has 1 aliphatic heterocycles. The summed E-state index contributed by atoms with van der Waals surface area (Å²) in [4.78, 5) is 3.68. The molecule has 0 unspecified atom stereocenters. The van der Waals surface area contributed by atoms with Crippen LogP contribution < -0.4 is 0 Å². The highest BCUT2D eigenvalue weighted by Crippen LogP contribution is 2.17. The van der Waals surface area contributed by atoms with Crippen LogP contribution in [0.15, 0.2) is 24.3 Å². The van der Waals surface area contributed by atoms with Crippen LogP contribution in [0.1, 0.15) is 5.56 Å². The Bertz CT molecular complexity index is 411. The summed E-state index contributed by atoms with van der Waals surface area (Å²) in [6, 6.07) is 7.70. The first-order valence-electron chi connectivity index (χ1n) is 6.68. The number of hydrogen-bond acceptors (Lipinski definition) is 2. The van der Waals surface area contributed by atoms with Gasteiger partial charge in [0.15, 0.2) is 0 Å². The van der Waals surface area contributed by atoms with E-state index >= 15 is 0 Å². The Morgan fingerprint density at radius 2 is 1.50 bits per heavy atom. The molecule has 0 radical (unpaired) electrons. The van der Waals surface area contributed by atoms with Crippen LogP contribution in [0, 0.1) is 0 Å². The van der Waals surface area contributed by atoms with E-state index in [1.165, 1.54) is 10.5 Å². The number of benzene rings is 1. The van der Waals surface area contributed by atoms with Gasteiger partial charge in [0.25, 0.3) is 0 Å². The summed E-state index contributed by atoms with van der Waals surface area (Å²) < 4.78 is 36.8. The highest BCUT2D eigenvalue weighted by atomic mass is 35.5. The zero-order chi connectivity index (χ0) is 14.6. The van der Waals surface area contributed by atoms with Gasteiger partial charge in [-0.25, -0.2) is 0 Å².